The lowest BCUT2D eigenvalue weighted by atomic mass is 10.2. The molecule has 0 aliphatic heterocycles. The van der Waals surface area contributed by atoms with Gasteiger partial charge in [0.25, 0.3) is 10.0 Å². The predicted molar refractivity (Wildman–Crippen MR) is 80.3 cm³/mol. The number of benzene rings is 2. The molecule has 0 spiro atoms. The third kappa shape index (κ3) is 2.63. The molecule has 1 heterocycles. The van der Waals surface area contributed by atoms with Crippen LogP contribution in [-0.4, -0.2) is 29.5 Å². The third-order valence-electron chi connectivity index (χ3n) is 3.01. The number of anilines is 1. The van der Waals surface area contributed by atoms with Crippen LogP contribution in [0.15, 0.2) is 53.4 Å². The van der Waals surface area contributed by atoms with Crippen LogP contribution in [0.5, 0.6) is 0 Å². The van der Waals surface area contributed by atoms with Gasteiger partial charge < -0.3 is 10.1 Å². The number of carbonyl (C=O) groups is 1. The molecule has 0 bridgehead atoms. The second-order valence-corrected chi connectivity index (χ2v) is 6.22. The van der Waals surface area contributed by atoms with Gasteiger partial charge in [0.1, 0.15) is 0 Å². The van der Waals surface area contributed by atoms with E-state index < -0.39 is 16.0 Å². The normalized spacial score (nSPS) is 11.5. The quantitative estimate of drug-likeness (QED) is 0.682. The Hall–Kier alpha value is -2.87. The lowest BCUT2D eigenvalue weighted by Gasteiger charge is -2.05. The van der Waals surface area contributed by atoms with Crippen LogP contribution in [-0.2, 0) is 10.0 Å². The lowest BCUT2D eigenvalue weighted by molar-refractivity contribution is 0.0696. The minimum Gasteiger partial charge on any atom is -0.478 e. The summed E-state index contributed by atoms with van der Waals surface area (Å²) in [5, 5.41) is 8.93. The SMILES string of the molecule is O=C(O)c1cccc(S(=O)(=O)Nc2nc3ccccc3[nH]2)c1. The number of nitrogens with one attached hydrogen (secondary N) is 2. The van der Waals surface area contributed by atoms with E-state index in [2.05, 4.69) is 14.7 Å². The number of H-pyrrole nitrogens is 1. The van der Waals surface area contributed by atoms with Crippen molar-refractivity contribution in [2.45, 2.75) is 4.90 Å². The van der Waals surface area contributed by atoms with E-state index >= 15 is 0 Å². The molecule has 8 heteroatoms. The smallest absolute Gasteiger partial charge is 0.335 e. The molecule has 7 nitrogen and oxygen atoms in total. The summed E-state index contributed by atoms with van der Waals surface area (Å²) in [5.74, 6) is -1.12. The molecule has 0 radical (unpaired) electrons. The molecule has 22 heavy (non-hydrogen) atoms. The molecule has 0 saturated heterocycles. The number of nitrogens with zero attached hydrogens (tertiary/aromatic N) is 1. The monoisotopic (exact) mass is 317 g/mol. The van der Waals surface area contributed by atoms with Gasteiger partial charge in [0.2, 0.25) is 5.95 Å². The van der Waals surface area contributed by atoms with Crippen molar-refractivity contribution in [2.24, 2.45) is 0 Å². The Morgan fingerprint density at radius 2 is 1.91 bits per heavy atom. The zero-order valence-electron chi connectivity index (χ0n) is 11.1. The maximum absolute atomic E-state index is 12.3. The molecule has 0 atom stereocenters. The topological polar surface area (TPSA) is 112 Å². The van der Waals surface area contributed by atoms with E-state index in [4.69, 9.17) is 5.11 Å². The molecule has 0 aliphatic carbocycles. The van der Waals surface area contributed by atoms with Crippen LogP contribution >= 0.6 is 0 Å². The Morgan fingerprint density at radius 1 is 1.14 bits per heavy atom. The van der Waals surface area contributed by atoms with Crippen molar-refractivity contribution in [2.75, 3.05) is 4.72 Å². The predicted octanol–water partition coefficient (Wildman–Crippen LogP) is 2.06. The van der Waals surface area contributed by atoms with E-state index in [1.807, 2.05) is 0 Å². The van der Waals surface area contributed by atoms with Gasteiger partial charge in [0, 0.05) is 0 Å². The molecule has 112 valence electrons. The molecule has 1 aromatic heterocycles. The minimum absolute atomic E-state index is 0.0712. The van der Waals surface area contributed by atoms with Crippen LogP contribution in [0.2, 0.25) is 0 Å². The van der Waals surface area contributed by atoms with Crippen molar-refractivity contribution in [3.05, 3.63) is 54.1 Å². The van der Waals surface area contributed by atoms with Crippen LogP contribution in [0.1, 0.15) is 10.4 Å². The van der Waals surface area contributed by atoms with Crippen molar-refractivity contribution in [1.82, 2.24) is 9.97 Å². The zero-order valence-corrected chi connectivity index (χ0v) is 12.0. The number of aromatic carboxylic acids is 1. The average Bonchev–Trinajstić information content (AvgIpc) is 2.88. The fraction of sp³-hybridized carbons (Fsp3) is 0. The van der Waals surface area contributed by atoms with Crippen LogP contribution < -0.4 is 4.72 Å². The summed E-state index contributed by atoms with van der Waals surface area (Å²) < 4.78 is 26.9. The highest BCUT2D eigenvalue weighted by Gasteiger charge is 2.17. The van der Waals surface area contributed by atoms with Crippen LogP contribution in [0.25, 0.3) is 11.0 Å². The van der Waals surface area contributed by atoms with Crippen LogP contribution in [0.4, 0.5) is 5.95 Å². The number of aromatic nitrogens is 2. The maximum atomic E-state index is 12.3. The minimum atomic E-state index is -3.92. The van der Waals surface area contributed by atoms with Gasteiger partial charge in [-0.2, -0.15) is 0 Å². The van der Waals surface area contributed by atoms with E-state index in [0.717, 1.165) is 6.07 Å². The number of aromatic amines is 1. The summed E-state index contributed by atoms with van der Waals surface area (Å²) in [4.78, 5) is 17.7. The summed E-state index contributed by atoms with van der Waals surface area (Å²) in [6.45, 7) is 0. The molecule has 3 aromatic rings. The van der Waals surface area contributed by atoms with E-state index in [0.29, 0.717) is 11.0 Å². The summed E-state index contributed by atoms with van der Waals surface area (Å²) in [5.41, 5.74) is 1.21. The number of imidazole rings is 1. The van der Waals surface area contributed by atoms with E-state index in [1.165, 1.54) is 18.2 Å². The molecule has 3 N–H and O–H groups in total. The first-order valence-electron chi connectivity index (χ1n) is 6.27. The number of hydrogen-bond acceptors (Lipinski definition) is 4. The van der Waals surface area contributed by atoms with E-state index in [9.17, 15) is 13.2 Å². The summed E-state index contributed by atoms with van der Waals surface area (Å²) >= 11 is 0. The molecule has 0 unspecified atom stereocenters. The average molecular weight is 317 g/mol. The first-order valence-corrected chi connectivity index (χ1v) is 7.75. The second-order valence-electron chi connectivity index (χ2n) is 4.54. The number of carboxylic acids is 1. The summed E-state index contributed by atoms with van der Waals surface area (Å²) in [7, 11) is -3.92. The Labute approximate surface area is 125 Å². The highest BCUT2D eigenvalue weighted by molar-refractivity contribution is 7.92. The molecule has 0 amide bonds. The Kier molecular flexibility index (Phi) is 3.30. The maximum Gasteiger partial charge on any atom is 0.335 e. The fourth-order valence-corrected chi connectivity index (χ4v) is 2.99. The Balaban J connectivity index is 1.96. The van der Waals surface area contributed by atoms with E-state index in [1.54, 1.807) is 24.3 Å². The van der Waals surface area contributed by atoms with Gasteiger partial charge in [-0.3, -0.25) is 0 Å². The van der Waals surface area contributed by atoms with Gasteiger partial charge in [-0.1, -0.05) is 18.2 Å². The van der Waals surface area contributed by atoms with Gasteiger partial charge in [-0.25, -0.2) is 22.9 Å². The first-order chi connectivity index (χ1) is 10.5. The highest BCUT2D eigenvalue weighted by atomic mass is 32.2. The van der Waals surface area contributed by atoms with Gasteiger partial charge in [-0.15, -0.1) is 0 Å². The number of para-hydroxylation sites is 2. The van der Waals surface area contributed by atoms with Gasteiger partial charge in [0.05, 0.1) is 21.5 Å². The Morgan fingerprint density at radius 3 is 2.64 bits per heavy atom. The molecular weight excluding hydrogens is 306 g/mol. The summed E-state index contributed by atoms with van der Waals surface area (Å²) in [6.07, 6.45) is 0. The highest BCUT2D eigenvalue weighted by Crippen LogP contribution is 2.18. The standard InChI is InChI=1S/C14H11N3O4S/c18-13(19)9-4-3-5-10(8-9)22(20,21)17-14-15-11-6-1-2-7-12(11)16-14/h1-8H,(H,18,19)(H2,15,16,17). The first kappa shape index (κ1) is 14.1. The zero-order chi connectivity index (χ0) is 15.7. The van der Waals surface area contributed by atoms with E-state index in [-0.39, 0.29) is 16.4 Å². The third-order valence-corrected chi connectivity index (χ3v) is 4.35. The number of hydrogen-bond donors (Lipinski definition) is 3. The number of sulfonamides is 1. The van der Waals surface area contributed by atoms with Crippen LogP contribution in [0.3, 0.4) is 0 Å². The molecule has 0 saturated carbocycles. The molecule has 0 fully saturated rings. The lowest BCUT2D eigenvalue weighted by Crippen LogP contribution is -2.14. The molecular formula is C14H11N3O4S. The molecule has 0 aliphatic rings. The van der Waals surface area contributed by atoms with Crippen molar-refractivity contribution < 1.29 is 18.3 Å². The van der Waals surface area contributed by atoms with Crippen LogP contribution in [0, 0.1) is 0 Å². The van der Waals surface area contributed by atoms with Gasteiger partial charge in [0.15, 0.2) is 0 Å². The molecule has 2 aromatic carbocycles. The van der Waals surface area contributed by atoms with Gasteiger partial charge >= 0.3 is 5.97 Å². The van der Waals surface area contributed by atoms with Crippen molar-refractivity contribution in [1.29, 1.82) is 0 Å². The van der Waals surface area contributed by atoms with Gasteiger partial charge in [-0.05, 0) is 30.3 Å². The Bertz CT molecular complexity index is 930. The number of rotatable bonds is 4. The fourth-order valence-electron chi connectivity index (χ4n) is 1.98. The number of fused-ring (bicyclic) bond motifs is 1. The number of carboxylic acid groups (broad SMARTS) is 1. The second kappa shape index (κ2) is 5.15. The van der Waals surface area contributed by atoms with Crippen molar-refractivity contribution in [3.8, 4) is 0 Å². The summed E-state index contributed by atoms with van der Waals surface area (Å²) in [6, 6.07) is 12.2. The van der Waals surface area contributed by atoms with Crippen molar-refractivity contribution >= 4 is 33.0 Å². The largest absolute Gasteiger partial charge is 0.478 e. The molecule has 3 rings (SSSR count). The van der Waals surface area contributed by atoms with Crippen molar-refractivity contribution in [3.63, 3.8) is 0 Å².